The Kier molecular flexibility index (Phi) is 38.5. The molecule has 2 amide bonds. The lowest BCUT2D eigenvalue weighted by molar-refractivity contribution is -0.123. The molecule has 0 radical (unpaired) electrons. The molecule has 0 aromatic heterocycles. The largest absolute Gasteiger partial charge is 0.354 e. The van der Waals surface area contributed by atoms with Gasteiger partial charge in [0.2, 0.25) is 11.8 Å². The van der Waals surface area contributed by atoms with Crippen LogP contribution in [-0.2, 0) is 9.59 Å². The fourth-order valence-electron chi connectivity index (χ4n) is 6.38. The van der Waals surface area contributed by atoms with E-state index in [1.54, 1.807) is 0 Å². The number of carbonyl (C=O) groups is 2. The van der Waals surface area contributed by atoms with Gasteiger partial charge in [0.15, 0.2) is 0 Å². The van der Waals surface area contributed by atoms with E-state index in [1.807, 2.05) is 0 Å². The van der Waals surface area contributed by atoms with Gasteiger partial charge in [-0.2, -0.15) is 0 Å². The standard InChI is InChI=1S/C44H84N2O2/c1-4-7-10-13-15-17-19-21-23-25-27-29-31-33-36-39-43(47)45-41-42(38-35-12-9-6-3)46-44(48)40-37-34-32-30-28-26-24-22-20-18-16-14-11-8-5-2/h21-24,42H,4-20,25-41H2,1-3H3,(H,45,47)(H,46,48)/b23-21-,24-22-. The Morgan fingerprint density at radius 2 is 0.750 bits per heavy atom. The van der Waals surface area contributed by atoms with Gasteiger partial charge in [-0.25, -0.2) is 0 Å². The number of unbranched alkanes of at least 4 members (excludes halogenated alkanes) is 25. The van der Waals surface area contributed by atoms with Crippen LogP contribution in [0.15, 0.2) is 24.3 Å². The quantitative estimate of drug-likeness (QED) is 0.0506. The molecule has 0 aliphatic rings. The van der Waals surface area contributed by atoms with Crippen molar-refractivity contribution in [1.82, 2.24) is 10.6 Å². The third-order valence-corrected chi connectivity index (χ3v) is 9.65. The lowest BCUT2D eigenvalue weighted by Gasteiger charge is -2.19. The number of hydrogen-bond acceptors (Lipinski definition) is 2. The molecule has 4 heteroatoms. The van der Waals surface area contributed by atoms with Crippen molar-refractivity contribution in [2.75, 3.05) is 6.54 Å². The summed E-state index contributed by atoms with van der Waals surface area (Å²) in [6.45, 7) is 7.34. The minimum Gasteiger partial charge on any atom is -0.354 e. The minimum absolute atomic E-state index is 0.0514. The molecule has 0 aromatic carbocycles. The number of allylic oxidation sites excluding steroid dienone is 4. The Bertz CT molecular complexity index is 731. The Balaban J connectivity index is 3.92. The maximum Gasteiger partial charge on any atom is 0.220 e. The highest BCUT2D eigenvalue weighted by Gasteiger charge is 2.13. The van der Waals surface area contributed by atoms with Crippen molar-refractivity contribution in [2.45, 2.75) is 239 Å². The van der Waals surface area contributed by atoms with Crippen LogP contribution in [0.3, 0.4) is 0 Å². The van der Waals surface area contributed by atoms with Crippen LogP contribution in [0.5, 0.6) is 0 Å². The summed E-state index contributed by atoms with van der Waals surface area (Å²) in [6.07, 6.45) is 49.4. The van der Waals surface area contributed by atoms with Gasteiger partial charge in [-0.15, -0.1) is 0 Å². The van der Waals surface area contributed by atoms with Crippen LogP contribution < -0.4 is 10.6 Å². The summed E-state index contributed by atoms with van der Waals surface area (Å²) in [6, 6.07) is 0.0514. The van der Waals surface area contributed by atoms with E-state index in [4.69, 9.17) is 0 Å². The van der Waals surface area contributed by atoms with E-state index in [1.165, 1.54) is 161 Å². The average molecular weight is 673 g/mol. The lowest BCUT2D eigenvalue weighted by atomic mass is 10.1. The van der Waals surface area contributed by atoms with Crippen molar-refractivity contribution in [2.24, 2.45) is 0 Å². The second-order valence-corrected chi connectivity index (χ2v) is 14.6. The molecule has 48 heavy (non-hydrogen) atoms. The van der Waals surface area contributed by atoms with E-state index >= 15 is 0 Å². The first kappa shape index (κ1) is 46.4. The van der Waals surface area contributed by atoms with Gasteiger partial charge in [-0.1, -0.05) is 173 Å². The second kappa shape index (κ2) is 39.9. The number of hydrogen-bond donors (Lipinski definition) is 2. The SMILES string of the molecule is CCCCCCCC/C=C\CCCCCCCC(=O)NCC(CCCCCC)NC(=O)CCCCCCC/C=C\CCCCCCCC. The topological polar surface area (TPSA) is 58.2 Å². The van der Waals surface area contributed by atoms with Gasteiger partial charge in [-0.3, -0.25) is 9.59 Å². The molecular weight excluding hydrogens is 588 g/mol. The molecule has 282 valence electrons. The average Bonchev–Trinajstić information content (AvgIpc) is 3.08. The van der Waals surface area contributed by atoms with Gasteiger partial charge in [0.05, 0.1) is 0 Å². The Morgan fingerprint density at radius 1 is 0.417 bits per heavy atom. The highest BCUT2D eigenvalue weighted by molar-refractivity contribution is 5.77. The number of carbonyl (C=O) groups excluding carboxylic acids is 2. The summed E-state index contributed by atoms with van der Waals surface area (Å²) in [4.78, 5) is 25.2. The summed E-state index contributed by atoms with van der Waals surface area (Å²) in [5.74, 6) is 0.289. The molecule has 0 heterocycles. The first-order valence-corrected chi connectivity index (χ1v) is 21.5. The lowest BCUT2D eigenvalue weighted by Crippen LogP contribution is -2.43. The third kappa shape index (κ3) is 37.2. The molecular formula is C44H84N2O2. The zero-order valence-electron chi connectivity index (χ0n) is 32.7. The summed E-state index contributed by atoms with van der Waals surface area (Å²) < 4.78 is 0. The third-order valence-electron chi connectivity index (χ3n) is 9.65. The van der Waals surface area contributed by atoms with Gasteiger partial charge in [0.1, 0.15) is 0 Å². The summed E-state index contributed by atoms with van der Waals surface area (Å²) in [5, 5.41) is 6.38. The number of amides is 2. The van der Waals surface area contributed by atoms with Gasteiger partial charge in [0.25, 0.3) is 0 Å². The van der Waals surface area contributed by atoms with Crippen molar-refractivity contribution in [3.8, 4) is 0 Å². The highest BCUT2D eigenvalue weighted by atomic mass is 16.2. The fraction of sp³-hybridized carbons (Fsp3) is 0.864. The molecule has 0 saturated carbocycles. The zero-order valence-corrected chi connectivity index (χ0v) is 32.7. The number of rotatable bonds is 38. The molecule has 1 atom stereocenters. The molecule has 0 aliphatic carbocycles. The van der Waals surface area contributed by atoms with E-state index in [0.717, 1.165) is 38.5 Å². The van der Waals surface area contributed by atoms with Gasteiger partial charge in [-0.05, 0) is 70.6 Å². The van der Waals surface area contributed by atoms with Crippen molar-refractivity contribution in [3.63, 3.8) is 0 Å². The number of nitrogens with one attached hydrogen (secondary N) is 2. The monoisotopic (exact) mass is 673 g/mol. The molecule has 0 fully saturated rings. The maximum absolute atomic E-state index is 12.7. The van der Waals surface area contributed by atoms with E-state index in [2.05, 4.69) is 55.7 Å². The second-order valence-electron chi connectivity index (χ2n) is 14.6. The van der Waals surface area contributed by atoms with Crippen LogP contribution in [-0.4, -0.2) is 24.4 Å². The van der Waals surface area contributed by atoms with Crippen LogP contribution in [0, 0.1) is 0 Å². The molecule has 0 aliphatic heterocycles. The Labute approximate surface area is 300 Å². The molecule has 0 saturated heterocycles. The normalized spacial score (nSPS) is 12.3. The van der Waals surface area contributed by atoms with E-state index < -0.39 is 0 Å². The molecule has 0 rings (SSSR count). The molecule has 0 bridgehead atoms. The van der Waals surface area contributed by atoms with Crippen LogP contribution >= 0.6 is 0 Å². The Morgan fingerprint density at radius 3 is 1.17 bits per heavy atom. The van der Waals surface area contributed by atoms with Crippen LogP contribution in [0.1, 0.15) is 233 Å². The van der Waals surface area contributed by atoms with Crippen molar-refractivity contribution in [1.29, 1.82) is 0 Å². The van der Waals surface area contributed by atoms with Crippen LogP contribution in [0.25, 0.3) is 0 Å². The van der Waals surface area contributed by atoms with Crippen LogP contribution in [0.4, 0.5) is 0 Å². The van der Waals surface area contributed by atoms with Gasteiger partial charge < -0.3 is 10.6 Å². The van der Waals surface area contributed by atoms with Crippen molar-refractivity contribution >= 4 is 11.8 Å². The first-order chi connectivity index (χ1) is 23.6. The zero-order chi connectivity index (χ0) is 35.0. The van der Waals surface area contributed by atoms with Gasteiger partial charge >= 0.3 is 0 Å². The summed E-state index contributed by atoms with van der Waals surface area (Å²) in [5.41, 5.74) is 0. The molecule has 2 N–H and O–H groups in total. The van der Waals surface area contributed by atoms with E-state index in [9.17, 15) is 9.59 Å². The fourth-order valence-corrected chi connectivity index (χ4v) is 6.38. The molecule has 0 spiro atoms. The summed E-state index contributed by atoms with van der Waals surface area (Å²) in [7, 11) is 0. The van der Waals surface area contributed by atoms with E-state index in [-0.39, 0.29) is 17.9 Å². The van der Waals surface area contributed by atoms with Crippen molar-refractivity contribution in [3.05, 3.63) is 24.3 Å². The van der Waals surface area contributed by atoms with Gasteiger partial charge in [0, 0.05) is 25.4 Å². The Hall–Kier alpha value is -1.58. The summed E-state index contributed by atoms with van der Waals surface area (Å²) >= 11 is 0. The smallest absolute Gasteiger partial charge is 0.220 e. The molecule has 4 nitrogen and oxygen atoms in total. The predicted octanol–water partition coefficient (Wildman–Crippen LogP) is 13.6. The van der Waals surface area contributed by atoms with Crippen LogP contribution in [0.2, 0.25) is 0 Å². The molecule has 1 unspecified atom stereocenters. The predicted molar refractivity (Wildman–Crippen MR) is 213 cm³/mol. The first-order valence-electron chi connectivity index (χ1n) is 21.5. The minimum atomic E-state index is 0.0514. The molecule has 0 aromatic rings. The van der Waals surface area contributed by atoms with Crippen molar-refractivity contribution < 1.29 is 9.59 Å². The van der Waals surface area contributed by atoms with E-state index in [0.29, 0.717) is 19.4 Å². The maximum atomic E-state index is 12.7. The highest BCUT2D eigenvalue weighted by Crippen LogP contribution is 2.12.